The quantitative estimate of drug-likeness (QED) is 0.489. The Morgan fingerprint density at radius 1 is 1.20 bits per heavy atom. The molecule has 2 heteroatoms. The van der Waals surface area contributed by atoms with Gasteiger partial charge in [-0.1, -0.05) is 23.7 Å². The van der Waals surface area contributed by atoms with Crippen molar-refractivity contribution in [2.24, 2.45) is 0 Å². The SMILES string of the molecule is Bc1cccc2ccsc12. The van der Waals surface area contributed by atoms with Gasteiger partial charge in [0.25, 0.3) is 0 Å². The molecule has 0 nitrogen and oxygen atoms in total. The fourth-order valence-electron chi connectivity index (χ4n) is 1.14. The van der Waals surface area contributed by atoms with Crippen LogP contribution in [0.25, 0.3) is 10.1 Å². The summed E-state index contributed by atoms with van der Waals surface area (Å²) >= 11 is 1.81. The molecule has 2 aromatic rings. The summed E-state index contributed by atoms with van der Waals surface area (Å²) in [5.74, 6) is 0. The van der Waals surface area contributed by atoms with Crippen LogP contribution in [0.2, 0.25) is 0 Å². The van der Waals surface area contributed by atoms with E-state index in [0.717, 1.165) is 0 Å². The molecule has 0 saturated heterocycles. The molecule has 0 radical (unpaired) electrons. The molecule has 0 N–H and O–H groups in total. The topological polar surface area (TPSA) is 0 Å². The van der Waals surface area contributed by atoms with Crippen molar-refractivity contribution in [3.05, 3.63) is 29.6 Å². The van der Waals surface area contributed by atoms with E-state index in [4.69, 9.17) is 0 Å². The van der Waals surface area contributed by atoms with Crippen LogP contribution in [-0.2, 0) is 0 Å². The summed E-state index contributed by atoms with van der Waals surface area (Å²) in [5.41, 5.74) is 1.38. The Labute approximate surface area is 64.9 Å². The van der Waals surface area contributed by atoms with Crippen LogP contribution in [0.1, 0.15) is 0 Å². The summed E-state index contributed by atoms with van der Waals surface area (Å²) in [5, 5.41) is 3.50. The average molecular weight is 146 g/mol. The van der Waals surface area contributed by atoms with Crippen molar-refractivity contribution in [1.29, 1.82) is 0 Å². The lowest BCUT2D eigenvalue weighted by Crippen LogP contribution is -1.99. The lowest BCUT2D eigenvalue weighted by atomic mass is 9.95. The van der Waals surface area contributed by atoms with E-state index < -0.39 is 0 Å². The second kappa shape index (κ2) is 2.13. The van der Waals surface area contributed by atoms with Crippen LogP contribution < -0.4 is 5.46 Å². The Morgan fingerprint density at radius 2 is 2.10 bits per heavy atom. The van der Waals surface area contributed by atoms with Gasteiger partial charge >= 0.3 is 0 Å². The predicted molar refractivity (Wildman–Crippen MR) is 50.0 cm³/mol. The number of thiophene rings is 1. The molecule has 0 aliphatic rings. The minimum atomic E-state index is 1.37. The number of rotatable bonds is 0. The molecule has 0 amide bonds. The minimum Gasteiger partial charge on any atom is -0.144 e. The summed E-state index contributed by atoms with van der Waals surface area (Å²) in [7, 11) is 2.15. The van der Waals surface area contributed by atoms with Crippen molar-refractivity contribution in [2.45, 2.75) is 0 Å². The maximum absolute atomic E-state index is 2.16. The Morgan fingerprint density at radius 3 is 2.90 bits per heavy atom. The number of hydrogen-bond acceptors (Lipinski definition) is 1. The highest BCUT2D eigenvalue weighted by Gasteiger charge is 1.94. The van der Waals surface area contributed by atoms with Gasteiger partial charge in [-0.05, 0) is 16.8 Å². The normalized spacial score (nSPS) is 10.4. The standard InChI is InChI=1S/C8H7BS/c9-7-3-1-2-6-4-5-10-8(6)7/h1-5H,9H2. The molecule has 1 aromatic carbocycles. The molecular formula is C8H7BS. The Hall–Kier alpha value is -0.755. The highest BCUT2D eigenvalue weighted by Crippen LogP contribution is 2.16. The van der Waals surface area contributed by atoms with Crippen molar-refractivity contribution < 1.29 is 0 Å². The Kier molecular flexibility index (Phi) is 1.28. The van der Waals surface area contributed by atoms with E-state index in [9.17, 15) is 0 Å². The molecule has 2 rings (SSSR count). The van der Waals surface area contributed by atoms with Gasteiger partial charge in [0.1, 0.15) is 7.85 Å². The number of benzene rings is 1. The van der Waals surface area contributed by atoms with Crippen LogP contribution in [0.15, 0.2) is 29.6 Å². The molecule has 0 fully saturated rings. The molecule has 1 heterocycles. The van der Waals surface area contributed by atoms with E-state index in [2.05, 4.69) is 37.5 Å². The lowest BCUT2D eigenvalue weighted by Gasteiger charge is -1.91. The molecular weight excluding hydrogens is 139 g/mol. The minimum absolute atomic E-state index is 1.37. The smallest absolute Gasteiger partial charge is 0.141 e. The third-order valence-corrected chi connectivity index (χ3v) is 2.74. The first kappa shape index (κ1) is 5.99. The van der Waals surface area contributed by atoms with Crippen molar-refractivity contribution in [3.63, 3.8) is 0 Å². The molecule has 0 atom stereocenters. The van der Waals surface area contributed by atoms with Crippen molar-refractivity contribution >= 4 is 34.7 Å². The number of hydrogen-bond donors (Lipinski definition) is 0. The highest BCUT2D eigenvalue weighted by molar-refractivity contribution is 7.18. The summed E-state index contributed by atoms with van der Waals surface area (Å²) in [6.45, 7) is 0. The van der Waals surface area contributed by atoms with Crippen LogP contribution in [-0.4, -0.2) is 7.85 Å². The molecule has 48 valence electrons. The van der Waals surface area contributed by atoms with Gasteiger partial charge in [0.2, 0.25) is 0 Å². The molecule has 0 spiro atoms. The summed E-state index contributed by atoms with van der Waals surface area (Å²) in [4.78, 5) is 0. The maximum atomic E-state index is 2.16. The van der Waals surface area contributed by atoms with Crippen LogP contribution in [0.5, 0.6) is 0 Å². The van der Waals surface area contributed by atoms with Crippen LogP contribution >= 0.6 is 11.3 Å². The summed E-state index contributed by atoms with van der Waals surface area (Å²) in [6.07, 6.45) is 0. The van der Waals surface area contributed by atoms with E-state index in [1.807, 2.05) is 11.3 Å². The van der Waals surface area contributed by atoms with Crippen LogP contribution in [0, 0.1) is 0 Å². The van der Waals surface area contributed by atoms with Gasteiger partial charge in [-0.2, -0.15) is 0 Å². The first-order valence-corrected chi connectivity index (χ1v) is 4.19. The maximum Gasteiger partial charge on any atom is 0.141 e. The average Bonchev–Trinajstić information content (AvgIpc) is 2.36. The second-order valence-electron chi connectivity index (χ2n) is 2.41. The Bertz CT molecular complexity index is 351. The van der Waals surface area contributed by atoms with Crippen molar-refractivity contribution in [1.82, 2.24) is 0 Å². The molecule has 0 unspecified atom stereocenters. The largest absolute Gasteiger partial charge is 0.144 e. The summed E-state index contributed by atoms with van der Waals surface area (Å²) in [6, 6.07) is 8.56. The highest BCUT2D eigenvalue weighted by atomic mass is 32.1. The molecule has 0 aliphatic heterocycles. The third kappa shape index (κ3) is 0.763. The molecule has 10 heavy (non-hydrogen) atoms. The van der Waals surface area contributed by atoms with E-state index >= 15 is 0 Å². The van der Waals surface area contributed by atoms with Crippen molar-refractivity contribution in [3.8, 4) is 0 Å². The molecule has 0 aliphatic carbocycles. The van der Waals surface area contributed by atoms with Gasteiger partial charge < -0.3 is 0 Å². The first-order valence-electron chi connectivity index (χ1n) is 3.31. The summed E-state index contributed by atoms with van der Waals surface area (Å²) < 4.78 is 1.42. The zero-order chi connectivity index (χ0) is 6.97. The van der Waals surface area contributed by atoms with E-state index in [0.29, 0.717) is 0 Å². The van der Waals surface area contributed by atoms with Crippen LogP contribution in [0.4, 0.5) is 0 Å². The van der Waals surface area contributed by atoms with Crippen LogP contribution in [0.3, 0.4) is 0 Å². The van der Waals surface area contributed by atoms with Gasteiger partial charge in [0.05, 0.1) is 0 Å². The molecule has 0 bridgehead atoms. The first-order chi connectivity index (χ1) is 4.88. The van der Waals surface area contributed by atoms with E-state index in [1.165, 1.54) is 15.5 Å². The fraction of sp³-hybridized carbons (Fsp3) is 0. The second-order valence-corrected chi connectivity index (χ2v) is 3.33. The Balaban J connectivity index is 2.95. The fourth-order valence-corrected chi connectivity index (χ4v) is 2.02. The molecule has 1 aromatic heterocycles. The molecule has 0 saturated carbocycles. The lowest BCUT2D eigenvalue weighted by molar-refractivity contribution is 1.90. The van der Waals surface area contributed by atoms with Gasteiger partial charge in [-0.25, -0.2) is 0 Å². The zero-order valence-electron chi connectivity index (χ0n) is 5.79. The van der Waals surface area contributed by atoms with Gasteiger partial charge in [-0.15, -0.1) is 11.3 Å². The zero-order valence-corrected chi connectivity index (χ0v) is 6.61. The van der Waals surface area contributed by atoms with Gasteiger partial charge in [0, 0.05) is 4.70 Å². The van der Waals surface area contributed by atoms with Gasteiger partial charge in [0.15, 0.2) is 0 Å². The number of fused-ring (bicyclic) bond motifs is 1. The van der Waals surface area contributed by atoms with Gasteiger partial charge in [-0.3, -0.25) is 0 Å². The third-order valence-electron chi connectivity index (χ3n) is 1.68. The monoisotopic (exact) mass is 146 g/mol. The van der Waals surface area contributed by atoms with Crippen molar-refractivity contribution in [2.75, 3.05) is 0 Å². The van der Waals surface area contributed by atoms with E-state index in [1.54, 1.807) is 0 Å². The predicted octanol–water partition coefficient (Wildman–Crippen LogP) is 1.16. The van der Waals surface area contributed by atoms with E-state index in [-0.39, 0.29) is 0 Å².